The lowest BCUT2D eigenvalue weighted by atomic mass is 10.5. The topological polar surface area (TPSA) is 121 Å². The Hall–Kier alpha value is -2.29. The smallest absolute Gasteiger partial charge is 0.320 e. The van der Waals surface area contributed by atoms with Crippen molar-refractivity contribution in [3.05, 3.63) is 34.9 Å². The zero-order chi connectivity index (χ0) is 12.3. The lowest BCUT2D eigenvalue weighted by Crippen LogP contribution is -2.00. The highest BCUT2D eigenvalue weighted by Crippen LogP contribution is 2.31. The molecule has 2 aromatic rings. The van der Waals surface area contributed by atoms with Crippen LogP contribution in [0.2, 0.25) is 0 Å². The molecule has 86 valence electrons. The SMILES string of the molecule is Nc1ncc([N+](=O)[O-])c(Sc2cnccn2)n1. The fourth-order valence-electron chi connectivity index (χ4n) is 1.01. The number of nitrogens with two attached hydrogens (primary N) is 1. The number of rotatable bonds is 3. The zero-order valence-electron chi connectivity index (χ0n) is 8.35. The quantitative estimate of drug-likeness (QED) is 0.484. The third kappa shape index (κ3) is 2.64. The summed E-state index contributed by atoms with van der Waals surface area (Å²) >= 11 is 1.01. The Morgan fingerprint density at radius 1 is 1.29 bits per heavy atom. The molecular weight excluding hydrogens is 244 g/mol. The molecule has 0 unspecified atom stereocenters. The largest absolute Gasteiger partial charge is 0.368 e. The molecule has 2 heterocycles. The number of nitrogens with zero attached hydrogens (tertiary/aromatic N) is 5. The molecule has 0 aliphatic rings. The average Bonchev–Trinajstić information content (AvgIpc) is 2.30. The number of nitro groups is 1. The van der Waals surface area contributed by atoms with Crippen molar-refractivity contribution in [3.63, 3.8) is 0 Å². The summed E-state index contributed by atoms with van der Waals surface area (Å²) in [6, 6.07) is 0. The average molecular weight is 250 g/mol. The highest BCUT2D eigenvalue weighted by Gasteiger charge is 2.18. The molecule has 0 aliphatic carbocycles. The van der Waals surface area contributed by atoms with Crippen LogP contribution in [0.3, 0.4) is 0 Å². The van der Waals surface area contributed by atoms with Crippen molar-refractivity contribution in [1.82, 2.24) is 19.9 Å². The molecule has 0 fully saturated rings. The lowest BCUT2D eigenvalue weighted by molar-refractivity contribution is -0.388. The number of nitrogen functional groups attached to an aromatic ring is 1. The van der Waals surface area contributed by atoms with Crippen LogP contribution in [0.5, 0.6) is 0 Å². The van der Waals surface area contributed by atoms with Gasteiger partial charge in [-0.3, -0.25) is 15.1 Å². The number of anilines is 1. The minimum absolute atomic E-state index is 0.0259. The predicted octanol–water partition coefficient (Wildman–Crippen LogP) is 0.908. The molecule has 0 atom stereocenters. The van der Waals surface area contributed by atoms with E-state index in [1.807, 2.05) is 0 Å². The summed E-state index contributed by atoms with van der Waals surface area (Å²) in [6.07, 6.45) is 5.54. The number of hydrogen-bond donors (Lipinski definition) is 1. The maximum atomic E-state index is 10.8. The molecular formula is C8H6N6O2S. The molecule has 2 rings (SSSR count). The van der Waals surface area contributed by atoms with Gasteiger partial charge in [-0.25, -0.2) is 9.97 Å². The Morgan fingerprint density at radius 2 is 2.12 bits per heavy atom. The fraction of sp³-hybridized carbons (Fsp3) is 0. The second-order valence-corrected chi connectivity index (χ2v) is 3.83. The van der Waals surface area contributed by atoms with Gasteiger partial charge in [0.05, 0.1) is 11.1 Å². The number of aromatic nitrogens is 4. The van der Waals surface area contributed by atoms with Crippen LogP contribution in [0.1, 0.15) is 0 Å². The van der Waals surface area contributed by atoms with Gasteiger partial charge in [-0.15, -0.1) is 0 Å². The first kappa shape index (κ1) is 11.2. The molecule has 0 aromatic carbocycles. The molecule has 9 heteroatoms. The van der Waals surface area contributed by atoms with Gasteiger partial charge in [-0.05, 0) is 11.8 Å². The zero-order valence-corrected chi connectivity index (χ0v) is 9.16. The molecule has 0 spiro atoms. The number of hydrogen-bond acceptors (Lipinski definition) is 8. The van der Waals surface area contributed by atoms with E-state index in [4.69, 9.17) is 5.73 Å². The van der Waals surface area contributed by atoms with Crippen LogP contribution in [-0.4, -0.2) is 24.9 Å². The summed E-state index contributed by atoms with van der Waals surface area (Å²) in [5.41, 5.74) is 5.17. The first-order chi connectivity index (χ1) is 8.16. The summed E-state index contributed by atoms with van der Waals surface area (Å²) < 4.78 is 0. The van der Waals surface area contributed by atoms with Gasteiger partial charge in [0.15, 0.2) is 5.03 Å². The lowest BCUT2D eigenvalue weighted by Gasteiger charge is -2.01. The van der Waals surface area contributed by atoms with Crippen molar-refractivity contribution in [1.29, 1.82) is 0 Å². The molecule has 2 N–H and O–H groups in total. The van der Waals surface area contributed by atoms with Crippen molar-refractivity contribution in [2.45, 2.75) is 10.1 Å². The van der Waals surface area contributed by atoms with Gasteiger partial charge in [0.25, 0.3) is 0 Å². The minimum Gasteiger partial charge on any atom is -0.368 e. The fourth-order valence-corrected chi connectivity index (χ4v) is 1.81. The molecule has 0 bridgehead atoms. The Kier molecular flexibility index (Phi) is 3.10. The van der Waals surface area contributed by atoms with Crippen LogP contribution in [0.25, 0.3) is 0 Å². The molecule has 0 aliphatic heterocycles. The van der Waals surface area contributed by atoms with E-state index >= 15 is 0 Å². The molecule has 0 amide bonds. The second kappa shape index (κ2) is 4.70. The third-order valence-corrected chi connectivity index (χ3v) is 2.61. The van der Waals surface area contributed by atoms with Gasteiger partial charge in [-0.1, -0.05) is 0 Å². The summed E-state index contributed by atoms with van der Waals surface area (Å²) in [5.74, 6) is -0.0259. The van der Waals surface area contributed by atoms with Crippen LogP contribution in [-0.2, 0) is 0 Å². The van der Waals surface area contributed by atoms with E-state index in [1.54, 1.807) is 0 Å². The van der Waals surface area contributed by atoms with Gasteiger partial charge in [-0.2, -0.15) is 4.98 Å². The first-order valence-electron chi connectivity index (χ1n) is 4.37. The normalized spacial score (nSPS) is 10.1. The highest BCUT2D eigenvalue weighted by atomic mass is 32.2. The van der Waals surface area contributed by atoms with Crippen molar-refractivity contribution < 1.29 is 4.92 Å². The Balaban J connectivity index is 2.37. The van der Waals surface area contributed by atoms with Gasteiger partial charge in [0.2, 0.25) is 5.95 Å². The maximum absolute atomic E-state index is 10.8. The summed E-state index contributed by atoms with van der Waals surface area (Å²) in [4.78, 5) is 25.4. The van der Waals surface area contributed by atoms with Crippen LogP contribution >= 0.6 is 11.8 Å². The van der Waals surface area contributed by atoms with Gasteiger partial charge in [0.1, 0.15) is 11.2 Å². The molecule has 0 radical (unpaired) electrons. The van der Waals surface area contributed by atoms with E-state index in [2.05, 4.69) is 19.9 Å². The van der Waals surface area contributed by atoms with Crippen molar-refractivity contribution in [2.75, 3.05) is 5.73 Å². The van der Waals surface area contributed by atoms with E-state index in [0.29, 0.717) is 5.03 Å². The summed E-state index contributed by atoms with van der Waals surface area (Å²) in [5, 5.41) is 11.4. The standard InChI is InChI=1S/C8H6N6O2S/c9-8-12-3-5(14(15)16)7(13-8)17-6-4-10-1-2-11-6/h1-4H,(H2,9,12,13). The van der Waals surface area contributed by atoms with Gasteiger partial charge in [0, 0.05) is 12.4 Å². The highest BCUT2D eigenvalue weighted by molar-refractivity contribution is 7.99. The van der Waals surface area contributed by atoms with Gasteiger partial charge >= 0.3 is 5.69 Å². The van der Waals surface area contributed by atoms with Crippen LogP contribution in [0.4, 0.5) is 11.6 Å². The van der Waals surface area contributed by atoms with E-state index in [-0.39, 0.29) is 16.7 Å². The van der Waals surface area contributed by atoms with Gasteiger partial charge < -0.3 is 5.73 Å². The van der Waals surface area contributed by atoms with Crippen LogP contribution in [0.15, 0.2) is 34.8 Å². The molecule has 17 heavy (non-hydrogen) atoms. The summed E-state index contributed by atoms with van der Waals surface area (Å²) in [6.45, 7) is 0. The van der Waals surface area contributed by atoms with E-state index in [1.165, 1.54) is 18.6 Å². The predicted molar refractivity (Wildman–Crippen MR) is 59.3 cm³/mol. The minimum atomic E-state index is -0.571. The molecule has 0 saturated heterocycles. The Morgan fingerprint density at radius 3 is 2.76 bits per heavy atom. The molecule has 0 saturated carbocycles. The molecule has 2 aromatic heterocycles. The Bertz CT molecular complexity index is 549. The first-order valence-corrected chi connectivity index (χ1v) is 5.19. The third-order valence-electron chi connectivity index (χ3n) is 1.69. The van der Waals surface area contributed by atoms with E-state index < -0.39 is 4.92 Å². The van der Waals surface area contributed by atoms with Crippen LogP contribution < -0.4 is 5.73 Å². The Labute approximate surface area is 99.5 Å². The summed E-state index contributed by atoms with van der Waals surface area (Å²) in [7, 11) is 0. The van der Waals surface area contributed by atoms with Crippen molar-refractivity contribution in [2.24, 2.45) is 0 Å². The van der Waals surface area contributed by atoms with Crippen molar-refractivity contribution in [3.8, 4) is 0 Å². The molecule has 8 nitrogen and oxygen atoms in total. The van der Waals surface area contributed by atoms with Crippen molar-refractivity contribution >= 4 is 23.4 Å². The van der Waals surface area contributed by atoms with E-state index in [9.17, 15) is 10.1 Å². The monoisotopic (exact) mass is 250 g/mol. The van der Waals surface area contributed by atoms with Crippen LogP contribution in [0, 0.1) is 10.1 Å². The van der Waals surface area contributed by atoms with E-state index in [0.717, 1.165) is 18.0 Å². The maximum Gasteiger partial charge on any atom is 0.320 e. The second-order valence-electron chi connectivity index (χ2n) is 2.82.